The highest BCUT2D eigenvalue weighted by atomic mass is 19.4. The minimum absolute atomic E-state index is 0.129. The van der Waals surface area contributed by atoms with Crippen LogP contribution in [0.1, 0.15) is 54.4 Å². The van der Waals surface area contributed by atoms with Gasteiger partial charge < -0.3 is 15.5 Å². The summed E-state index contributed by atoms with van der Waals surface area (Å²) >= 11 is 0. The molecule has 33 heavy (non-hydrogen) atoms. The Hall–Kier alpha value is -3.04. The van der Waals surface area contributed by atoms with Gasteiger partial charge in [-0.25, -0.2) is 0 Å². The first-order valence-corrected chi connectivity index (χ1v) is 11.1. The molecule has 4 rings (SSSR count). The Bertz CT molecular complexity index is 975. The molecule has 3 saturated heterocycles. The van der Waals surface area contributed by atoms with E-state index in [0.717, 1.165) is 25.0 Å². The molecule has 3 heterocycles. The molecule has 6 nitrogen and oxygen atoms in total. The molecule has 0 aliphatic carbocycles. The van der Waals surface area contributed by atoms with Gasteiger partial charge in [0, 0.05) is 17.6 Å². The Labute approximate surface area is 190 Å². The van der Waals surface area contributed by atoms with Crippen LogP contribution in [0.15, 0.2) is 24.3 Å². The molecule has 5 atom stereocenters. The molecule has 2 N–H and O–H groups in total. The molecule has 0 saturated carbocycles. The molecular formula is C24H25F3N4O2. The van der Waals surface area contributed by atoms with Gasteiger partial charge in [-0.15, -0.1) is 6.42 Å². The summed E-state index contributed by atoms with van der Waals surface area (Å²) in [5.74, 6) is 1.79. The van der Waals surface area contributed by atoms with Crippen LogP contribution in [0.4, 0.5) is 13.2 Å². The van der Waals surface area contributed by atoms with Crippen LogP contribution < -0.4 is 5.73 Å². The topological polar surface area (TPSA) is 90.4 Å². The second-order valence-corrected chi connectivity index (χ2v) is 9.08. The van der Waals surface area contributed by atoms with Gasteiger partial charge in [0.2, 0.25) is 5.91 Å². The third kappa shape index (κ3) is 4.18. The maximum absolute atomic E-state index is 13.1. The molecule has 2 unspecified atom stereocenters. The number of rotatable bonds is 3. The van der Waals surface area contributed by atoms with Crippen LogP contribution in [0.5, 0.6) is 0 Å². The molecule has 0 spiro atoms. The molecule has 3 aliphatic rings. The maximum Gasteiger partial charge on any atom is 0.416 e. The molecule has 9 heteroatoms. The number of nitriles is 1. The van der Waals surface area contributed by atoms with Crippen LogP contribution >= 0.6 is 0 Å². The molecule has 3 aliphatic heterocycles. The van der Waals surface area contributed by atoms with Gasteiger partial charge in [0.1, 0.15) is 6.04 Å². The van der Waals surface area contributed by atoms with Crippen molar-refractivity contribution in [2.45, 2.75) is 74.9 Å². The predicted octanol–water partition coefficient (Wildman–Crippen LogP) is 2.93. The fourth-order valence-corrected chi connectivity index (χ4v) is 5.58. The Balaban J connectivity index is 1.46. The number of fused-ring (bicyclic) bond motifs is 2. The van der Waals surface area contributed by atoms with E-state index in [9.17, 15) is 28.0 Å². The van der Waals surface area contributed by atoms with Gasteiger partial charge in [-0.1, -0.05) is 5.92 Å². The third-order valence-corrected chi connectivity index (χ3v) is 7.24. The normalized spacial score (nSPS) is 29.9. The number of likely N-dealkylation sites (tertiary alicyclic amines) is 1. The number of hydrogen-bond acceptors (Lipinski definition) is 4. The Morgan fingerprint density at radius 1 is 1.03 bits per heavy atom. The van der Waals surface area contributed by atoms with Crippen molar-refractivity contribution < 1.29 is 22.8 Å². The van der Waals surface area contributed by atoms with Crippen molar-refractivity contribution in [3.8, 4) is 18.4 Å². The number of carbonyl (C=O) groups is 2. The minimum Gasteiger partial charge on any atom is -0.333 e. The van der Waals surface area contributed by atoms with E-state index in [-0.39, 0.29) is 35.4 Å². The zero-order valence-electron chi connectivity index (χ0n) is 18.0. The van der Waals surface area contributed by atoms with Gasteiger partial charge in [-0.05, 0) is 68.7 Å². The summed E-state index contributed by atoms with van der Waals surface area (Å²) in [5, 5.41) is 9.39. The van der Waals surface area contributed by atoms with Crippen molar-refractivity contribution >= 4 is 11.8 Å². The first-order chi connectivity index (χ1) is 15.7. The first kappa shape index (κ1) is 23.1. The quantitative estimate of drug-likeness (QED) is 0.706. The highest BCUT2D eigenvalue weighted by Gasteiger charge is 2.48. The summed E-state index contributed by atoms with van der Waals surface area (Å²) < 4.78 is 38.5. The van der Waals surface area contributed by atoms with Crippen LogP contribution in [-0.2, 0) is 11.0 Å². The zero-order chi connectivity index (χ0) is 23.9. The Kier molecular flexibility index (Phi) is 6.11. The van der Waals surface area contributed by atoms with Gasteiger partial charge in [-0.2, -0.15) is 18.4 Å². The maximum atomic E-state index is 13.1. The predicted molar refractivity (Wildman–Crippen MR) is 113 cm³/mol. The highest BCUT2D eigenvalue weighted by Crippen LogP contribution is 2.41. The summed E-state index contributed by atoms with van der Waals surface area (Å²) in [6, 6.07) is 4.29. The summed E-state index contributed by atoms with van der Waals surface area (Å²) in [6.45, 7) is 0. The second kappa shape index (κ2) is 8.72. The average Bonchev–Trinajstić information content (AvgIpc) is 3.34. The largest absolute Gasteiger partial charge is 0.416 e. The number of nitrogens with zero attached hydrogens (tertiary/aromatic N) is 3. The van der Waals surface area contributed by atoms with E-state index in [1.54, 1.807) is 4.90 Å². The number of carbonyl (C=O) groups excluding carboxylic acids is 2. The number of terminal acetylenes is 1. The number of piperidine rings is 1. The molecule has 2 amide bonds. The standard InChI is InChI=1S/C24H25F3N4O2/c1-2-17-7-10-20(13-28)30(17)23(33)21(29)15-11-18-8-9-19(12-15)31(18)22(32)14-3-5-16(6-4-14)24(25,26)27/h1,3-6,15,17-21H,7-12,29H2/t17?,18-,19-,20?,21-/m0/s1. The van der Waals surface area contributed by atoms with E-state index in [0.29, 0.717) is 25.7 Å². The highest BCUT2D eigenvalue weighted by molar-refractivity contribution is 5.95. The van der Waals surface area contributed by atoms with Crippen molar-refractivity contribution in [1.29, 1.82) is 5.26 Å². The summed E-state index contributed by atoms with van der Waals surface area (Å²) in [7, 11) is 0. The summed E-state index contributed by atoms with van der Waals surface area (Å²) in [5.41, 5.74) is 5.78. The van der Waals surface area contributed by atoms with Gasteiger partial charge in [0.25, 0.3) is 5.91 Å². The van der Waals surface area contributed by atoms with Gasteiger partial charge in [-0.3, -0.25) is 9.59 Å². The van der Waals surface area contributed by atoms with Crippen LogP contribution in [0.25, 0.3) is 0 Å². The average molecular weight is 458 g/mol. The van der Waals surface area contributed by atoms with E-state index >= 15 is 0 Å². The number of benzene rings is 1. The van der Waals surface area contributed by atoms with Crippen molar-refractivity contribution in [2.24, 2.45) is 11.7 Å². The monoisotopic (exact) mass is 458 g/mol. The molecular weight excluding hydrogens is 433 g/mol. The van der Waals surface area contributed by atoms with Gasteiger partial charge in [0.05, 0.1) is 23.7 Å². The molecule has 2 bridgehead atoms. The second-order valence-electron chi connectivity index (χ2n) is 9.08. The van der Waals surface area contributed by atoms with E-state index in [2.05, 4.69) is 12.0 Å². The third-order valence-electron chi connectivity index (χ3n) is 7.24. The first-order valence-electron chi connectivity index (χ1n) is 11.1. The number of nitrogens with two attached hydrogens (primary N) is 1. The van der Waals surface area contributed by atoms with Gasteiger partial charge in [0.15, 0.2) is 0 Å². The van der Waals surface area contributed by atoms with E-state index < -0.39 is 29.9 Å². The molecule has 1 aromatic rings. The lowest BCUT2D eigenvalue weighted by atomic mass is 9.84. The fraction of sp³-hybridized carbons (Fsp3) is 0.542. The molecule has 1 aromatic carbocycles. The van der Waals surface area contributed by atoms with Crippen LogP contribution in [-0.4, -0.2) is 51.8 Å². The Morgan fingerprint density at radius 2 is 1.61 bits per heavy atom. The lowest BCUT2D eigenvalue weighted by Gasteiger charge is -2.41. The van der Waals surface area contributed by atoms with Crippen molar-refractivity contribution in [3.05, 3.63) is 35.4 Å². The number of hydrogen-bond donors (Lipinski definition) is 1. The Morgan fingerprint density at radius 3 is 2.12 bits per heavy atom. The molecule has 174 valence electrons. The summed E-state index contributed by atoms with van der Waals surface area (Å²) in [6.07, 6.45) is 4.75. The fourth-order valence-electron chi connectivity index (χ4n) is 5.58. The SMILES string of the molecule is C#CC1CCC(C#N)N1C(=O)[C@@H](N)C1C[C@@H]2CC[C@@H](C1)N2C(=O)c1ccc(C(F)(F)F)cc1. The van der Waals surface area contributed by atoms with E-state index in [1.807, 2.05) is 0 Å². The molecule has 0 aromatic heterocycles. The minimum atomic E-state index is -4.46. The van der Waals surface area contributed by atoms with Crippen molar-refractivity contribution in [1.82, 2.24) is 9.80 Å². The van der Waals surface area contributed by atoms with Crippen LogP contribution in [0, 0.1) is 29.6 Å². The summed E-state index contributed by atoms with van der Waals surface area (Å²) in [4.78, 5) is 29.4. The van der Waals surface area contributed by atoms with Gasteiger partial charge >= 0.3 is 6.18 Å². The van der Waals surface area contributed by atoms with Crippen LogP contribution in [0.3, 0.4) is 0 Å². The molecule has 0 radical (unpaired) electrons. The number of alkyl halides is 3. The zero-order valence-corrected chi connectivity index (χ0v) is 18.0. The smallest absolute Gasteiger partial charge is 0.333 e. The molecule has 3 fully saturated rings. The van der Waals surface area contributed by atoms with Crippen molar-refractivity contribution in [2.75, 3.05) is 0 Å². The number of halogens is 3. The van der Waals surface area contributed by atoms with Crippen LogP contribution in [0.2, 0.25) is 0 Å². The van der Waals surface area contributed by atoms with E-state index in [4.69, 9.17) is 12.2 Å². The lowest BCUT2D eigenvalue weighted by molar-refractivity contribution is -0.137. The van der Waals surface area contributed by atoms with E-state index in [1.165, 1.54) is 17.0 Å². The lowest BCUT2D eigenvalue weighted by Crippen LogP contribution is -2.56. The number of amides is 2. The van der Waals surface area contributed by atoms with Crippen molar-refractivity contribution in [3.63, 3.8) is 0 Å².